The molecule has 3 aromatic rings. The Morgan fingerprint density at radius 1 is 1.19 bits per heavy atom. The van der Waals surface area contributed by atoms with Crippen molar-refractivity contribution in [3.63, 3.8) is 0 Å². The van der Waals surface area contributed by atoms with Crippen LogP contribution < -0.4 is 4.74 Å². The van der Waals surface area contributed by atoms with E-state index in [-0.39, 0.29) is 24.3 Å². The van der Waals surface area contributed by atoms with Crippen LogP contribution in [-0.4, -0.2) is 39.2 Å². The molecule has 0 radical (unpaired) electrons. The molecule has 5 nitrogen and oxygen atoms in total. The number of fused-ring (bicyclic) bond motifs is 2. The molecule has 0 saturated heterocycles. The summed E-state index contributed by atoms with van der Waals surface area (Å²) in [7, 11) is 0. The van der Waals surface area contributed by atoms with Gasteiger partial charge in [-0.25, -0.2) is 23.7 Å². The fraction of sp³-hybridized carbons (Fsp3) is 0.348. The molecule has 8 heteroatoms. The predicted molar refractivity (Wildman–Crippen MR) is 112 cm³/mol. The SMILES string of the molecule is Cc1ncc2c(N=C(F)C(C)(O)C(F)(F)C3(C)CCOc4ccccc43)cccc2n1. The van der Waals surface area contributed by atoms with Crippen LogP contribution in [-0.2, 0) is 5.41 Å². The lowest BCUT2D eigenvalue weighted by Gasteiger charge is -2.46. The van der Waals surface area contributed by atoms with E-state index < -0.39 is 22.9 Å². The van der Waals surface area contributed by atoms with E-state index in [1.807, 2.05) is 0 Å². The number of aromatic nitrogens is 2. The third-order valence-electron chi connectivity index (χ3n) is 5.99. The molecule has 2 unspecified atom stereocenters. The summed E-state index contributed by atoms with van der Waals surface area (Å²) >= 11 is 0. The molecule has 1 N–H and O–H groups in total. The van der Waals surface area contributed by atoms with Gasteiger partial charge in [-0.05, 0) is 45.4 Å². The highest BCUT2D eigenvalue weighted by atomic mass is 19.3. The number of para-hydroxylation sites is 1. The topological polar surface area (TPSA) is 67.6 Å². The van der Waals surface area contributed by atoms with Crippen molar-refractivity contribution in [2.45, 2.75) is 44.1 Å². The predicted octanol–water partition coefficient (Wildman–Crippen LogP) is 5.06. The van der Waals surface area contributed by atoms with Crippen molar-refractivity contribution >= 4 is 22.6 Å². The van der Waals surface area contributed by atoms with Gasteiger partial charge in [0, 0.05) is 17.1 Å². The highest BCUT2D eigenvalue weighted by Gasteiger charge is 2.65. The number of benzene rings is 2. The van der Waals surface area contributed by atoms with E-state index >= 15 is 13.2 Å². The number of nitrogens with zero attached hydrogens (tertiary/aromatic N) is 3. The Morgan fingerprint density at radius 3 is 2.71 bits per heavy atom. The fourth-order valence-corrected chi connectivity index (χ4v) is 3.99. The van der Waals surface area contributed by atoms with Crippen LogP contribution in [0.1, 0.15) is 31.7 Å². The molecule has 0 aliphatic carbocycles. The molecular formula is C23H22F3N3O2. The fourth-order valence-electron chi connectivity index (χ4n) is 3.99. The van der Waals surface area contributed by atoms with Crippen LogP contribution in [0.25, 0.3) is 10.9 Å². The number of ether oxygens (including phenoxy) is 1. The van der Waals surface area contributed by atoms with Crippen molar-refractivity contribution in [3.05, 3.63) is 60.0 Å². The van der Waals surface area contributed by atoms with Crippen LogP contribution in [0.4, 0.5) is 18.9 Å². The zero-order chi connectivity index (χ0) is 22.4. The number of halogens is 3. The summed E-state index contributed by atoms with van der Waals surface area (Å²) in [5, 5.41) is 11.2. The first kappa shape index (κ1) is 21.2. The second kappa shape index (κ2) is 7.30. The lowest BCUT2D eigenvalue weighted by Crippen LogP contribution is -2.62. The van der Waals surface area contributed by atoms with Crippen molar-refractivity contribution in [1.29, 1.82) is 0 Å². The van der Waals surface area contributed by atoms with Crippen molar-refractivity contribution in [1.82, 2.24) is 9.97 Å². The summed E-state index contributed by atoms with van der Waals surface area (Å²) in [5.41, 5.74) is -4.26. The van der Waals surface area contributed by atoms with Crippen LogP contribution in [0.2, 0.25) is 0 Å². The highest BCUT2D eigenvalue weighted by molar-refractivity contribution is 5.95. The van der Waals surface area contributed by atoms with Gasteiger partial charge in [0.1, 0.15) is 11.6 Å². The first-order valence-corrected chi connectivity index (χ1v) is 9.87. The molecule has 1 aliphatic rings. The van der Waals surface area contributed by atoms with E-state index in [1.54, 1.807) is 37.3 Å². The highest BCUT2D eigenvalue weighted by Crippen LogP contribution is 2.53. The molecule has 2 heterocycles. The van der Waals surface area contributed by atoms with Gasteiger partial charge < -0.3 is 9.84 Å². The quantitative estimate of drug-likeness (QED) is 0.589. The number of aliphatic imine (C=N–C) groups is 1. The van der Waals surface area contributed by atoms with Gasteiger partial charge in [0.25, 0.3) is 5.92 Å². The molecule has 0 saturated carbocycles. The molecule has 0 amide bonds. The second-order valence-corrected chi connectivity index (χ2v) is 8.10. The Hall–Kier alpha value is -3.00. The maximum atomic E-state index is 15.8. The summed E-state index contributed by atoms with van der Waals surface area (Å²) in [5.74, 6) is -4.68. The van der Waals surface area contributed by atoms with Crippen molar-refractivity contribution in [3.8, 4) is 5.75 Å². The lowest BCUT2D eigenvalue weighted by molar-refractivity contribution is -0.188. The van der Waals surface area contributed by atoms with Gasteiger partial charge in [0.2, 0.25) is 5.97 Å². The molecule has 0 spiro atoms. The van der Waals surface area contributed by atoms with Crippen molar-refractivity contribution in [2.75, 3.05) is 6.61 Å². The van der Waals surface area contributed by atoms with Gasteiger partial charge in [-0.1, -0.05) is 24.3 Å². The van der Waals surface area contributed by atoms with Crippen LogP contribution in [0.3, 0.4) is 0 Å². The largest absolute Gasteiger partial charge is 0.493 e. The Labute approximate surface area is 177 Å². The molecule has 1 aliphatic heterocycles. The summed E-state index contributed by atoms with van der Waals surface area (Å²) in [6.45, 7) is 3.79. The Kier molecular flexibility index (Phi) is 5.00. The van der Waals surface area contributed by atoms with Gasteiger partial charge in [0.15, 0.2) is 5.60 Å². The molecule has 0 fully saturated rings. The summed E-state index contributed by atoms with van der Waals surface area (Å²) in [6, 6.07) is 11.1. The van der Waals surface area contributed by atoms with Crippen LogP contribution >= 0.6 is 0 Å². The Bertz CT molecular complexity index is 1180. The number of rotatable bonds is 4. The maximum absolute atomic E-state index is 15.8. The average Bonchev–Trinajstić information content (AvgIpc) is 2.73. The molecule has 31 heavy (non-hydrogen) atoms. The monoisotopic (exact) mass is 429 g/mol. The Balaban J connectivity index is 1.79. The molecule has 1 aromatic heterocycles. The van der Waals surface area contributed by atoms with Gasteiger partial charge in [-0.15, -0.1) is 0 Å². The van der Waals surface area contributed by atoms with Crippen molar-refractivity contribution < 1.29 is 23.0 Å². The average molecular weight is 429 g/mol. The van der Waals surface area contributed by atoms with E-state index in [4.69, 9.17) is 4.74 Å². The third-order valence-corrected chi connectivity index (χ3v) is 5.99. The molecule has 2 aromatic carbocycles. The van der Waals surface area contributed by atoms with E-state index in [0.717, 1.165) is 6.92 Å². The van der Waals surface area contributed by atoms with Gasteiger partial charge >= 0.3 is 0 Å². The number of alkyl halides is 2. The first-order chi connectivity index (χ1) is 14.6. The van der Waals surface area contributed by atoms with Gasteiger partial charge in [-0.3, -0.25) is 0 Å². The summed E-state index contributed by atoms with van der Waals surface area (Å²) in [6.07, 6.45) is 1.36. The van der Waals surface area contributed by atoms with E-state index in [1.165, 1.54) is 25.3 Å². The minimum absolute atomic E-state index is 0.0258. The minimum Gasteiger partial charge on any atom is -0.493 e. The minimum atomic E-state index is -3.90. The number of hydrogen-bond donors (Lipinski definition) is 1. The molecule has 0 bridgehead atoms. The zero-order valence-corrected chi connectivity index (χ0v) is 17.4. The normalized spacial score (nSPS) is 21.3. The zero-order valence-electron chi connectivity index (χ0n) is 17.4. The van der Waals surface area contributed by atoms with E-state index in [9.17, 15) is 5.11 Å². The molecule has 162 valence electrons. The number of aryl methyl sites for hydroxylation is 1. The van der Waals surface area contributed by atoms with Crippen LogP contribution in [0, 0.1) is 6.92 Å². The summed E-state index contributed by atoms with van der Waals surface area (Å²) in [4.78, 5) is 12.1. The van der Waals surface area contributed by atoms with Crippen LogP contribution in [0.15, 0.2) is 53.7 Å². The number of hydrogen-bond acceptors (Lipinski definition) is 5. The van der Waals surface area contributed by atoms with Crippen LogP contribution in [0.5, 0.6) is 5.75 Å². The standard InChI is InChI=1S/C23H22F3N3O2/c1-14-27-13-15-17(28-14)8-6-9-18(15)29-20(24)22(3,30)23(25,26)21(2)11-12-31-19-10-5-4-7-16(19)21/h4-10,13,30H,11-12H2,1-3H3. The Morgan fingerprint density at radius 2 is 1.94 bits per heavy atom. The maximum Gasteiger partial charge on any atom is 0.293 e. The van der Waals surface area contributed by atoms with E-state index in [2.05, 4.69) is 15.0 Å². The molecular weight excluding hydrogens is 407 g/mol. The smallest absolute Gasteiger partial charge is 0.293 e. The molecule has 4 rings (SSSR count). The van der Waals surface area contributed by atoms with E-state index in [0.29, 0.717) is 22.5 Å². The summed E-state index contributed by atoms with van der Waals surface area (Å²) < 4.78 is 52.3. The van der Waals surface area contributed by atoms with Crippen molar-refractivity contribution in [2.24, 2.45) is 4.99 Å². The number of aliphatic hydroxyl groups is 1. The van der Waals surface area contributed by atoms with Gasteiger partial charge in [0.05, 0.1) is 23.2 Å². The molecule has 2 atom stereocenters. The lowest BCUT2D eigenvalue weighted by atomic mass is 9.67. The third kappa shape index (κ3) is 3.26. The van der Waals surface area contributed by atoms with Gasteiger partial charge in [-0.2, -0.15) is 4.39 Å². The first-order valence-electron chi connectivity index (χ1n) is 9.87. The second-order valence-electron chi connectivity index (χ2n) is 8.10.